The Balaban J connectivity index is -0.000000791. The molecule has 0 rings (SSSR count). The molecular weight excluding hydrogens is 758 g/mol. The number of Topliss-reactive ketones (excluding diaryl/α,β-unsaturated/α-hetero) is 1. The predicted molar refractivity (Wildman–Crippen MR) is 154 cm³/mol. The Hall–Kier alpha value is -2.57. The van der Waals surface area contributed by atoms with Crippen LogP contribution < -0.4 is 0 Å². The molecule has 0 aliphatic carbocycles. The molecule has 51 heavy (non-hydrogen) atoms. The number of rotatable bonds is 22. The zero-order valence-corrected chi connectivity index (χ0v) is 27.4. The zero-order valence-electron chi connectivity index (χ0n) is 25.6. The quantitative estimate of drug-likeness (QED) is 0.0209. The number of phosphoric acid groups is 2. The Kier molecular flexibility index (Phi) is 27.2. The molecule has 0 saturated carbocycles. The van der Waals surface area contributed by atoms with Crippen LogP contribution in [0.15, 0.2) is 12.2 Å². The minimum absolute atomic E-state index is 0.0258. The Bertz CT molecular complexity index is 1140. The molecule has 11 atom stereocenters. The number of esters is 1. The Morgan fingerprint density at radius 1 is 0.588 bits per heavy atom. The van der Waals surface area contributed by atoms with E-state index in [2.05, 4.69) is 13.8 Å². The van der Waals surface area contributed by atoms with Gasteiger partial charge < -0.3 is 100 Å². The largest absolute Gasteiger partial charge is 0.478 e. The number of aliphatic carboxylic acids is 1. The summed E-state index contributed by atoms with van der Waals surface area (Å²) < 4.78 is 33.3. The fourth-order valence-electron chi connectivity index (χ4n) is 2.57. The van der Waals surface area contributed by atoms with E-state index in [1.165, 1.54) is 0 Å². The molecular formula is C22H40O27P2. The van der Waals surface area contributed by atoms with Crippen molar-refractivity contribution >= 4 is 45.9 Å². The minimum atomic E-state index is -5.13. The van der Waals surface area contributed by atoms with Crippen LogP contribution in [-0.2, 0) is 46.9 Å². The van der Waals surface area contributed by atoms with Gasteiger partial charge in [-0.2, -0.15) is 0 Å². The molecule has 27 nitrogen and oxygen atoms in total. The summed E-state index contributed by atoms with van der Waals surface area (Å²) in [5.41, 5.74) is 0. The van der Waals surface area contributed by atoms with Crippen LogP contribution in [0.1, 0.15) is 0 Å². The van der Waals surface area contributed by atoms with Crippen LogP contribution in [0.2, 0.25) is 0 Å². The molecule has 0 bridgehead atoms. The second kappa shape index (κ2) is 26.2. The van der Waals surface area contributed by atoms with Gasteiger partial charge in [0.05, 0.1) is 19.8 Å². The number of phosphoric ester groups is 2. The molecule has 0 aromatic heterocycles. The van der Waals surface area contributed by atoms with Crippen LogP contribution in [0.3, 0.4) is 0 Å². The van der Waals surface area contributed by atoms with E-state index >= 15 is 0 Å². The van der Waals surface area contributed by atoms with E-state index in [1.807, 2.05) is 0 Å². The van der Waals surface area contributed by atoms with Crippen molar-refractivity contribution in [1.29, 1.82) is 0 Å². The maximum Gasteiger partial charge on any atom is 0.470 e. The maximum absolute atomic E-state index is 11.9. The smallest absolute Gasteiger partial charge is 0.470 e. The molecule has 0 aromatic carbocycles. The number of hydrogen-bond acceptors (Lipinski definition) is 22. The summed E-state index contributed by atoms with van der Waals surface area (Å²) in [6, 6.07) is 0. The van der Waals surface area contributed by atoms with Crippen LogP contribution in [0.25, 0.3) is 0 Å². The normalized spacial score (nSPS) is 18.4. The number of carboxylic acids is 1. The molecule has 17 N–H and O–H groups in total. The van der Waals surface area contributed by atoms with E-state index in [0.717, 1.165) is 0 Å². The first kappa shape index (κ1) is 52.8. The Labute approximate surface area is 284 Å². The number of aliphatic hydroxyl groups excluding tert-OH is 12. The molecule has 0 aliphatic heterocycles. The van der Waals surface area contributed by atoms with Crippen molar-refractivity contribution in [3.05, 3.63) is 12.2 Å². The molecule has 29 heteroatoms. The van der Waals surface area contributed by atoms with Gasteiger partial charge in [-0.25, -0.2) is 18.7 Å². The molecule has 0 amide bonds. The first-order valence-electron chi connectivity index (χ1n) is 13.2. The van der Waals surface area contributed by atoms with Crippen molar-refractivity contribution in [1.82, 2.24) is 0 Å². The number of carbonyl (C=O) groups excluding carboxylic acids is 4. The summed E-state index contributed by atoms with van der Waals surface area (Å²) >= 11 is 0. The van der Waals surface area contributed by atoms with Crippen molar-refractivity contribution in [3.8, 4) is 0 Å². The predicted octanol–water partition coefficient (Wildman–Crippen LogP) is -9.71. The molecule has 0 radical (unpaired) electrons. The fraction of sp³-hybridized carbons (Fsp3) is 0.682. The second-order valence-electron chi connectivity index (χ2n) is 9.32. The van der Waals surface area contributed by atoms with Crippen molar-refractivity contribution in [2.75, 3.05) is 26.4 Å². The lowest BCUT2D eigenvalue weighted by atomic mass is 10.0. The molecule has 0 spiro atoms. The van der Waals surface area contributed by atoms with Crippen molar-refractivity contribution in [2.24, 2.45) is 0 Å². The lowest BCUT2D eigenvalue weighted by Gasteiger charge is -2.25. The Morgan fingerprint density at radius 3 is 1.29 bits per heavy atom. The highest BCUT2D eigenvalue weighted by molar-refractivity contribution is 7.46. The lowest BCUT2D eigenvalue weighted by Crippen LogP contribution is -2.47. The number of ketones is 1. The van der Waals surface area contributed by atoms with Gasteiger partial charge in [-0.05, 0) is 0 Å². The maximum atomic E-state index is 11.9. The molecule has 0 saturated heterocycles. The molecule has 300 valence electrons. The fourth-order valence-corrected chi connectivity index (χ4v) is 3.21. The number of aliphatic hydroxyl groups is 12. The highest BCUT2D eigenvalue weighted by Gasteiger charge is 2.37. The van der Waals surface area contributed by atoms with Crippen LogP contribution in [0, 0.1) is 0 Å². The van der Waals surface area contributed by atoms with E-state index < -0.39 is 127 Å². The van der Waals surface area contributed by atoms with Crippen LogP contribution in [-0.4, -0.2) is 210 Å². The number of ether oxygens (including phenoxy) is 1. The number of carboxylic acid groups (broad SMARTS) is 1. The van der Waals surface area contributed by atoms with Gasteiger partial charge in [0.15, 0.2) is 18.7 Å². The van der Waals surface area contributed by atoms with Gasteiger partial charge in [-0.3, -0.25) is 13.8 Å². The summed E-state index contributed by atoms with van der Waals surface area (Å²) in [7, 11) is -10.2. The minimum Gasteiger partial charge on any atom is -0.478 e. The molecule has 0 aromatic rings. The van der Waals surface area contributed by atoms with Crippen molar-refractivity contribution < 1.29 is 133 Å². The second-order valence-corrected chi connectivity index (χ2v) is 11.8. The van der Waals surface area contributed by atoms with Gasteiger partial charge in [0.2, 0.25) is 5.78 Å². The van der Waals surface area contributed by atoms with E-state index in [9.17, 15) is 43.3 Å². The number of carbonyl (C=O) groups is 5. The first-order chi connectivity index (χ1) is 23.2. The number of hydrogen-bond donors (Lipinski definition) is 17. The van der Waals surface area contributed by atoms with Gasteiger partial charge in [0.25, 0.3) is 0 Å². The van der Waals surface area contributed by atoms with E-state index in [-0.39, 0.29) is 12.6 Å². The highest BCUT2D eigenvalue weighted by atomic mass is 31.2. The van der Waals surface area contributed by atoms with Gasteiger partial charge in [-0.1, -0.05) is 0 Å². The third-order valence-corrected chi connectivity index (χ3v) is 6.21. The van der Waals surface area contributed by atoms with Crippen molar-refractivity contribution in [2.45, 2.75) is 67.1 Å². The Morgan fingerprint density at radius 2 is 0.980 bits per heavy atom. The SMILES string of the molecule is O=C(O)/C=C/C(=O)O[C@H](C(=O)COP(=O)(O)O)[C@H](O)[C@H](O)COP(=O)(O)O.O=C[C@H](O)[C@@H](O)[C@@H](O)[C@H](O)CO.O=C[C@H](O)[C@@H](O)[C@@H](O)[C@H](O)CO. The summed E-state index contributed by atoms with van der Waals surface area (Å²) in [6.45, 7) is -4.14. The van der Waals surface area contributed by atoms with Gasteiger partial charge in [-0.15, -0.1) is 0 Å². The molecule has 0 heterocycles. The van der Waals surface area contributed by atoms with Crippen LogP contribution >= 0.6 is 15.6 Å². The standard InChI is InChI=1S/C10H16O15P2.2C6H12O6/c11-5(3-23-26(17,18)19)9(16)10(6(12)4-24-27(20,21)22)25-8(15)2-1-7(13)14;2*7-1-3(9)5(11)6(12)4(10)2-8/h1-2,5,9-11,16H,3-4H2,(H,13,14)(H2,17,18,19)(H2,20,21,22);2*1,3-6,8-12H,2H2/b2-1+;;/t5-,9-,10-;2*3-,4+,5+,6-/m100/s1. The van der Waals surface area contributed by atoms with Gasteiger partial charge >= 0.3 is 27.6 Å². The van der Waals surface area contributed by atoms with Crippen LogP contribution in [0.5, 0.6) is 0 Å². The van der Waals surface area contributed by atoms with E-state index in [0.29, 0.717) is 12.2 Å². The molecule has 0 aliphatic rings. The third kappa shape index (κ3) is 25.1. The highest BCUT2D eigenvalue weighted by Crippen LogP contribution is 2.36. The summed E-state index contributed by atoms with van der Waals surface area (Å²) in [5, 5.41) is 115. The molecule has 0 fully saturated rings. The van der Waals surface area contributed by atoms with Crippen molar-refractivity contribution in [3.63, 3.8) is 0 Å². The topological polar surface area (TPSA) is 491 Å². The summed E-state index contributed by atoms with van der Waals surface area (Å²) in [4.78, 5) is 87.5. The average molecular weight is 798 g/mol. The summed E-state index contributed by atoms with van der Waals surface area (Å²) in [6.07, 6.45) is -20.0. The third-order valence-electron chi connectivity index (χ3n) is 5.26. The van der Waals surface area contributed by atoms with E-state index in [4.69, 9.17) is 75.7 Å². The first-order valence-corrected chi connectivity index (χ1v) is 16.2. The van der Waals surface area contributed by atoms with Gasteiger partial charge in [0.1, 0.15) is 67.6 Å². The molecule has 0 unspecified atom stereocenters. The van der Waals surface area contributed by atoms with E-state index in [1.54, 1.807) is 0 Å². The van der Waals surface area contributed by atoms with Gasteiger partial charge in [0, 0.05) is 12.2 Å². The summed E-state index contributed by atoms with van der Waals surface area (Å²) in [5.74, 6) is -4.55. The number of aldehydes is 2. The average Bonchev–Trinajstić information content (AvgIpc) is 3.07. The zero-order chi connectivity index (χ0) is 40.9. The monoisotopic (exact) mass is 798 g/mol. The van der Waals surface area contributed by atoms with Crippen LogP contribution in [0.4, 0.5) is 0 Å². The lowest BCUT2D eigenvalue weighted by molar-refractivity contribution is -0.165.